The van der Waals surface area contributed by atoms with Crippen molar-refractivity contribution in [2.45, 2.75) is 26.4 Å². The van der Waals surface area contributed by atoms with E-state index >= 15 is 0 Å². The highest BCUT2D eigenvalue weighted by Gasteiger charge is 2.30. The van der Waals surface area contributed by atoms with Crippen molar-refractivity contribution in [1.82, 2.24) is 9.88 Å². The SMILES string of the molecule is Cc1cc(C(=O)NCC(C)(O)C(=O)O)c(C)n1-c1ccccc1. The topological polar surface area (TPSA) is 91.6 Å². The third-order valence-corrected chi connectivity index (χ3v) is 3.74. The number of carboxylic acids is 1. The Kier molecular flexibility index (Phi) is 4.56. The molecule has 0 aliphatic heterocycles. The van der Waals surface area contributed by atoms with Crippen LogP contribution in [0.4, 0.5) is 0 Å². The number of hydrogen-bond acceptors (Lipinski definition) is 3. The van der Waals surface area contributed by atoms with Crippen LogP contribution in [0.25, 0.3) is 5.69 Å². The standard InChI is InChI=1S/C17H20N2O4/c1-11-9-14(15(20)18-10-17(3,23)16(21)22)12(2)19(11)13-7-5-4-6-8-13/h4-9,23H,10H2,1-3H3,(H,18,20)(H,21,22). The molecule has 6 nitrogen and oxygen atoms in total. The molecular weight excluding hydrogens is 296 g/mol. The van der Waals surface area contributed by atoms with Gasteiger partial charge in [-0.1, -0.05) is 18.2 Å². The van der Waals surface area contributed by atoms with Crippen molar-refractivity contribution >= 4 is 11.9 Å². The number of nitrogens with zero attached hydrogens (tertiary/aromatic N) is 1. The van der Waals surface area contributed by atoms with Gasteiger partial charge in [-0.25, -0.2) is 4.79 Å². The van der Waals surface area contributed by atoms with Crippen LogP contribution in [0.15, 0.2) is 36.4 Å². The first-order valence-electron chi connectivity index (χ1n) is 7.22. The summed E-state index contributed by atoms with van der Waals surface area (Å²) in [4.78, 5) is 23.2. The number of carbonyl (C=O) groups excluding carboxylic acids is 1. The van der Waals surface area contributed by atoms with E-state index in [0.29, 0.717) is 5.56 Å². The van der Waals surface area contributed by atoms with E-state index in [1.807, 2.05) is 48.7 Å². The van der Waals surface area contributed by atoms with E-state index in [-0.39, 0.29) is 6.54 Å². The molecule has 0 saturated carbocycles. The monoisotopic (exact) mass is 316 g/mol. The van der Waals surface area contributed by atoms with Gasteiger partial charge in [0.1, 0.15) is 0 Å². The number of rotatable bonds is 5. The maximum atomic E-state index is 12.3. The van der Waals surface area contributed by atoms with E-state index in [1.54, 1.807) is 6.07 Å². The van der Waals surface area contributed by atoms with Gasteiger partial charge < -0.3 is 20.1 Å². The lowest BCUT2D eigenvalue weighted by Gasteiger charge is -2.18. The molecule has 0 fully saturated rings. The largest absolute Gasteiger partial charge is 0.479 e. The number of nitrogens with one attached hydrogen (secondary N) is 1. The molecule has 0 spiro atoms. The fourth-order valence-corrected chi connectivity index (χ4v) is 2.39. The number of aliphatic carboxylic acids is 1. The van der Waals surface area contributed by atoms with Crippen LogP contribution in [0.1, 0.15) is 28.7 Å². The number of aliphatic hydroxyl groups is 1. The first kappa shape index (κ1) is 16.8. The number of benzene rings is 1. The average molecular weight is 316 g/mol. The second-order valence-electron chi connectivity index (χ2n) is 5.72. The van der Waals surface area contributed by atoms with Gasteiger partial charge in [0.25, 0.3) is 5.91 Å². The van der Waals surface area contributed by atoms with Gasteiger partial charge in [-0.05, 0) is 39.0 Å². The number of aryl methyl sites for hydroxylation is 1. The summed E-state index contributed by atoms with van der Waals surface area (Å²) in [5.41, 5.74) is 1.04. The van der Waals surface area contributed by atoms with Gasteiger partial charge >= 0.3 is 5.97 Å². The summed E-state index contributed by atoms with van der Waals surface area (Å²) in [7, 11) is 0. The van der Waals surface area contributed by atoms with Crippen molar-refractivity contribution in [3.8, 4) is 5.69 Å². The van der Waals surface area contributed by atoms with Crippen molar-refractivity contribution < 1.29 is 19.8 Å². The molecule has 1 heterocycles. The predicted molar refractivity (Wildman–Crippen MR) is 85.8 cm³/mol. The van der Waals surface area contributed by atoms with E-state index in [4.69, 9.17) is 5.11 Å². The third kappa shape index (κ3) is 3.43. The minimum Gasteiger partial charge on any atom is -0.479 e. The van der Waals surface area contributed by atoms with Crippen molar-refractivity contribution in [2.24, 2.45) is 0 Å². The molecule has 0 radical (unpaired) electrons. The van der Waals surface area contributed by atoms with Crippen molar-refractivity contribution in [3.63, 3.8) is 0 Å². The molecule has 1 unspecified atom stereocenters. The zero-order valence-corrected chi connectivity index (χ0v) is 13.3. The minimum atomic E-state index is -2.00. The Hall–Kier alpha value is -2.60. The molecule has 122 valence electrons. The zero-order valence-electron chi connectivity index (χ0n) is 13.3. The highest BCUT2D eigenvalue weighted by molar-refractivity contribution is 5.96. The Balaban J connectivity index is 2.25. The highest BCUT2D eigenvalue weighted by atomic mass is 16.4. The second-order valence-corrected chi connectivity index (χ2v) is 5.72. The molecule has 1 aromatic carbocycles. The van der Waals surface area contributed by atoms with Crippen LogP contribution in [0.3, 0.4) is 0 Å². The lowest BCUT2D eigenvalue weighted by Crippen LogP contribution is -2.46. The summed E-state index contributed by atoms with van der Waals surface area (Å²) in [6, 6.07) is 11.4. The fourth-order valence-electron chi connectivity index (χ4n) is 2.39. The molecule has 0 saturated heterocycles. The minimum absolute atomic E-state index is 0.365. The fraction of sp³-hybridized carbons (Fsp3) is 0.294. The summed E-state index contributed by atoms with van der Waals surface area (Å²) in [6.07, 6.45) is 0. The van der Waals surface area contributed by atoms with Crippen LogP contribution >= 0.6 is 0 Å². The van der Waals surface area contributed by atoms with Gasteiger partial charge in [-0.3, -0.25) is 4.79 Å². The number of carboxylic acid groups (broad SMARTS) is 1. The quantitative estimate of drug-likeness (QED) is 0.782. The van der Waals surface area contributed by atoms with Crippen LogP contribution in [-0.4, -0.2) is 38.8 Å². The zero-order chi connectivity index (χ0) is 17.2. The Morgan fingerprint density at radius 3 is 2.39 bits per heavy atom. The molecule has 0 aliphatic carbocycles. The second kappa shape index (κ2) is 6.26. The van der Waals surface area contributed by atoms with Crippen LogP contribution < -0.4 is 5.32 Å². The van der Waals surface area contributed by atoms with E-state index < -0.39 is 17.5 Å². The van der Waals surface area contributed by atoms with Crippen molar-refractivity contribution in [2.75, 3.05) is 6.54 Å². The Labute approximate surface area is 134 Å². The lowest BCUT2D eigenvalue weighted by atomic mass is 10.1. The molecule has 1 amide bonds. The summed E-state index contributed by atoms with van der Waals surface area (Å²) < 4.78 is 1.95. The molecule has 3 N–H and O–H groups in total. The van der Waals surface area contributed by atoms with E-state index in [2.05, 4.69) is 5.32 Å². The van der Waals surface area contributed by atoms with E-state index in [9.17, 15) is 14.7 Å². The third-order valence-electron chi connectivity index (χ3n) is 3.74. The van der Waals surface area contributed by atoms with Gasteiger partial charge in [-0.15, -0.1) is 0 Å². The summed E-state index contributed by atoms with van der Waals surface area (Å²) >= 11 is 0. The molecular formula is C17H20N2O4. The van der Waals surface area contributed by atoms with E-state index in [0.717, 1.165) is 24.0 Å². The number of para-hydroxylation sites is 1. The number of carbonyl (C=O) groups is 2. The van der Waals surface area contributed by atoms with Crippen molar-refractivity contribution in [3.05, 3.63) is 53.3 Å². The molecule has 23 heavy (non-hydrogen) atoms. The molecule has 1 aromatic heterocycles. The summed E-state index contributed by atoms with van der Waals surface area (Å²) in [6.45, 7) is 4.49. The summed E-state index contributed by atoms with van der Waals surface area (Å²) in [5.74, 6) is -1.80. The Morgan fingerprint density at radius 2 is 1.83 bits per heavy atom. The number of aromatic nitrogens is 1. The Bertz CT molecular complexity index is 733. The van der Waals surface area contributed by atoms with Gasteiger partial charge in [-0.2, -0.15) is 0 Å². The maximum absolute atomic E-state index is 12.3. The Morgan fingerprint density at radius 1 is 1.22 bits per heavy atom. The van der Waals surface area contributed by atoms with Gasteiger partial charge in [0, 0.05) is 17.1 Å². The highest BCUT2D eigenvalue weighted by Crippen LogP contribution is 2.20. The van der Waals surface area contributed by atoms with Crippen molar-refractivity contribution in [1.29, 1.82) is 0 Å². The molecule has 0 aliphatic rings. The normalized spacial score (nSPS) is 13.4. The van der Waals surface area contributed by atoms with Gasteiger partial charge in [0.15, 0.2) is 5.60 Å². The molecule has 0 bridgehead atoms. The number of amides is 1. The van der Waals surface area contributed by atoms with Crippen LogP contribution in [0.5, 0.6) is 0 Å². The first-order valence-corrected chi connectivity index (χ1v) is 7.22. The van der Waals surface area contributed by atoms with Gasteiger partial charge in [0.2, 0.25) is 0 Å². The molecule has 2 rings (SSSR count). The molecule has 6 heteroatoms. The smallest absolute Gasteiger partial charge is 0.337 e. The first-order chi connectivity index (χ1) is 10.7. The summed E-state index contributed by atoms with van der Waals surface area (Å²) in [5, 5.41) is 21.0. The molecule has 1 atom stereocenters. The van der Waals surface area contributed by atoms with Gasteiger partial charge in [0.05, 0.1) is 12.1 Å². The average Bonchev–Trinajstić information content (AvgIpc) is 2.80. The molecule has 2 aromatic rings. The van der Waals surface area contributed by atoms with Crippen LogP contribution in [0, 0.1) is 13.8 Å². The predicted octanol–water partition coefficient (Wildman–Crippen LogP) is 1.66. The van der Waals surface area contributed by atoms with Crippen LogP contribution in [0.2, 0.25) is 0 Å². The maximum Gasteiger partial charge on any atom is 0.337 e. The van der Waals surface area contributed by atoms with E-state index in [1.165, 1.54) is 0 Å². The lowest BCUT2D eigenvalue weighted by molar-refractivity contribution is -0.155. The number of hydrogen-bond donors (Lipinski definition) is 3. The van der Waals surface area contributed by atoms with Crippen LogP contribution in [-0.2, 0) is 4.79 Å².